The Bertz CT molecular complexity index is 1310. The number of fused-ring (bicyclic) bond motifs is 1. The van der Waals surface area contributed by atoms with E-state index in [0.717, 1.165) is 28.7 Å². The predicted molar refractivity (Wildman–Crippen MR) is 124 cm³/mol. The van der Waals surface area contributed by atoms with Crippen LogP contribution in [0.3, 0.4) is 0 Å². The van der Waals surface area contributed by atoms with Crippen LogP contribution in [0.15, 0.2) is 49.1 Å². The minimum atomic E-state index is -0.573. The molecule has 1 atom stereocenters. The van der Waals surface area contributed by atoms with Crippen LogP contribution in [0.4, 0.5) is 14.6 Å². The Morgan fingerprint density at radius 2 is 1.97 bits per heavy atom. The fraction of sp³-hybridized carbons (Fsp3) is 0.333. The highest BCUT2D eigenvalue weighted by Crippen LogP contribution is 2.32. The number of hydrogen-bond donors (Lipinski definition) is 0. The molecule has 0 amide bonds. The summed E-state index contributed by atoms with van der Waals surface area (Å²) in [6.45, 7) is 2.82. The molecule has 3 aromatic heterocycles. The monoisotopic (exact) mass is 465 g/mol. The summed E-state index contributed by atoms with van der Waals surface area (Å²) in [5.74, 6) is -0.351. The molecule has 10 heteroatoms. The number of pyridine rings is 1. The highest BCUT2D eigenvalue weighted by Gasteiger charge is 2.31. The van der Waals surface area contributed by atoms with Gasteiger partial charge < -0.3 is 9.64 Å². The third kappa shape index (κ3) is 4.46. The van der Waals surface area contributed by atoms with Gasteiger partial charge in [0.15, 0.2) is 5.82 Å². The van der Waals surface area contributed by atoms with Crippen LogP contribution < -0.4 is 4.90 Å². The summed E-state index contributed by atoms with van der Waals surface area (Å²) in [6, 6.07) is 5.54. The van der Waals surface area contributed by atoms with Crippen molar-refractivity contribution >= 4 is 16.9 Å². The molecule has 0 radical (unpaired) electrons. The van der Waals surface area contributed by atoms with Gasteiger partial charge in [0.1, 0.15) is 22.8 Å². The Balaban J connectivity index is 1.48. The number of piperazine rings is 1. The molecule has 0 bridgehead atoms. The van der Waals surface area contributed by atoms with Crippen LogP contribution in [0, 0.1) is 11.6 Å². The first-order chi connectivity index (χ1) is 16.5. The van der Waals surface area contributed by atoms with E-state index in [9.17, 15) is 8.78 Å². The Hall–Kier alpha value is -3.50. The van der Waals surface area contributed by atoms with E-state index in [0.29, 0.717) is 43.9 Å². The third-order valence-electron chi connectivity index (χ3n) is 6.03. The van der Waals surface area contributed by atoms with Crippen molar-refractivity contribution in [3.8, 4) is 11.3 Å². The van der Waals surface area contributed by atoms with Crippen LogP contribution in [-0.2, 0) is 18.3 Å². The fourth-order valence-electron chi connectivity index (χ4n) is 4.40. The number of benzene rings is 1. The first-order valence-electron chi connectivity index (χ1n) is 11.0. The fourth-order valence-corrected chi connectivity index (χ4v) is 4.40. The number of ether oxygens (including phenoxy) is 1. The Labute approximate surface area is 195 Å². The first-order valence-corrected chi connectivity index (χ1v) is 11.0. The van der Waals surface area contributed by atoms with Crippen molar-refractivity contribution in [3.05, 3.63) is 66.3 Å². The molecule has 1 aromatic carbocycles. The zero-order valence-corrected chi connectivity index (χ0v) is 19.0. The van der Waals surface area contributed by atoms with E-state index in [1.165, 1.54) is 12.1 Å². The molecule has 8 nitrogen and oxygen atoms in total. The number of nitrogens with zero attached hydrogens (tertiary/aromatic N) is 7. The second kappa shape index (κ2) is 9.40. The van der Waals surface area contributed by atoms with Gasteiger partial charge in [-0.15, -0.1) is 0 Å². The smallest absolute Gasteiger partial charge is 0.156 e. The summed E-state index contributed by atoms with van der Waals surface area (Å²) >= 11 is 0. The summed E-state index contributed by atoms with van der Waals surface area (Å²) < 4.78 is 34.8. The number of anilines is 1. The van der Waals surface area contributed by atoms with E-state index < -0.39 is 11.6 Å². The molecule has 0 aliphatic carbocycles. The van der Waals surface area contributed by atoms with Gasteiger partial charge in [-0.3, -0.25) is 14.6 Å². The Morgan fingerprint density at radius 3 is 2.74 bits per heavy atom. The first kappa shape index (κ1) is 22.3. The molecule has 1 aliphatic heterocycles. The van der Waals surface area contributed by atoms with Crippen molar-refractivity contribution in [3.63, 3.8) is 0 Å². The minimum Gasteiger partial charge on any atom is -0.383 e. The number of aryl methyl sites for hydroxylation is 1. The molecular formula is C24H25F2N7O. The summed E-state index contributed by atoms with van der Waals surface area (Å²) in [5, 5.41) is 4.31. The maximum Gasteiger partial charge on any atom is 0.156 e. The zero-order chi connectivity index (χ0) is 23.7. The molecule has 1 aliphatic rings. The molecule has 4 aromatic rings. The lowest BCUT2D eigenvalue weighted by Crippen LogP contribution is -2.55. The highest BCUT2D eigenvalue weighted by atomic mass is 19.1. The lowest BCUT2D eigenvalue weighted by atomic mass is 10.1. The van der Waals surface area contributed by atoms with Gasteiger partial charge in [-0.1, -0.05) is 6.07 Å². The highest BCUT2D eigenvalue weighted by molar-refractivity contribution is 5.82. The number of methoxy groups -OCH3 is 1. The van der Waals surface area contributed by atoms with Crippen LogP contribution in [0.2, 0.25) is 0 Å². The van der Waals surface area contributed by atoms with Crippen LogP contribution >= 0.6 is 0 Å². The summed E-state index contributed by atoms with van der Waals surface area (Å²) in [6.07, 6.45) is 7.09. The van der Waals surface area contributed by atoms with Crippen LogP contribution in [0.1, 0.15) is 5.56 Å². The van der Waals surface area contributed by atoms with Crippen LogP contribution in [0.25, 0.3) is 22.3 Å². The van der Waals surface area contributed by atoms with Gasteiger partial charge in [0.2, 0.25) is 0 Å². The summed E-state index contributed by atoms with van der Waals surface area (Å²) in [4.78, 5) is 18.4. The van der Waals surface area contributed by atoms with Gasteiger partial charge >= 0.3 is 0 Å². The largest absolute Gasteiger partial charge is 0.383 e. The Morgan fingerprint density at radius 1 is 1.09 bits per heavy atom. The molecule has 1 fully saturated rings. The van der Waals surface area contributed by atoms with Crippen LogP contribution in [-0.4, -0.2) is 69.0 Å². The normalized spacial score (nSPS) is 16.9. The zero-order valence-electron chi connectivity index (χ0n) is 19.0. The van der Waals surface area contributed by atoms with Crippen molar-refractivity contribution in [1.82, 2.24) is 29.6 Å². The van der Waals surface area contributed by atoms with Gasteiger partial charge in [-0.05, 0) is 12.1 Å². The molecule has 1 saturated heterocycles. The van der Waals surface area contributed by atoms with Gasteiger partial charge in [0.05, 0.1) is 30.6 Å². The molecule has 4 heterocycles. The molecule has 176 valence electrons. The summed E-state index contributed by atoms with van der Waals surface area (Å²) in [5.41, 5.74) is 3.53. The lowest BCUT2D eigenvalue weighted by molar-refractivity contribution is 0.128. The number of halogens is 2. The van der Waals surface area contributed by atoms with E-state index in [2.05, 4.69) is 19.9 Å². The Kier molecular flexibility index (Phi) is 6.16. The van der Waals surface area contributed by atoms with E-state index in [1.807, 2.05) is 19.3 Å². The molecule has 5 rings (SSSR count). The topological polar surface area (TPSA) is 72.2 Å². The van der Waals surface area contributed by atoms with E-state index in [4.69, 9.17) is 14.7 Å². The maximum atomic E-state index is 14.3. The lowest BCUT2D eigenvalue weighted by Gasteiger charge is -2.42. The second-order valence-corrected chi connectivity index (χ2v) is 8.44. The number of rotatable bonds is 6. The van der Waals surface area contributed by atoms with Crippen molar-refractivity contribution in [1.29, 1.82) is 0 Å². The van der Waals surface area contributed by atoms with Crippen LogP contribution in [0.5, 0.6) is 0 Å². The number of aromatic nitrogens is 5. The second-order valence-electron chi connectivity index (χ2n) is 8.44. The average molecular weight is 466 g/mol. The maximum absolute atomic E-state index is 14.3. The number of hydrogen-bond acceptors (Lipinski definition) is 7. The SMILES string of the molecule is COC[C@H]1CN(Cc2ccc(F)cc2F)CCN1c1nc2ccncc2nc1-c1cnn(C)c1. The summed E-state index contributed by atoms with van der Waals surface area (Å²) in [7, 11) is 3.52. The van der Waals surface area contributed by atoms with Crippen molar-refractivity contribution in [2.75, 3.05) is 38.3 Å². The van der Waals surface area contributed by atoms with E-state index in [1.54, 1.807) is 30.4 Å². The molecule has 34 heavy (non-hydrogen) atoms. The van der Waals surface area contributed by atoms with Crippen molar-refractivity contribution in [2.24, 2.45) is 7.05 Å². The van der Waals surface area contributed by atoms with Gasteiger partial charge in [0, 0.05) is 69.9 Å². The van der Waals surface area contributed by atoms with Crippen molar-refractivity contribution < 1.29 is 13.5 Å². The minimum absolute atomic E-state index is 0.0359. The van der Waals surface area contributed by atoms with E-state index >= 15 is 0 Å². The van der Waals surface area contributed by atoms with Crippen molar-refractivity contribution in [2.45, 2.75) is 12.6 Å². The third-order valence-corrected chi connectivity index (χ3v) is 6.03. The molecule has 0 saturated carbocycles. The quantitative estimate of drug-likeness (QED) is 0.433. The van der Waals surface area contributed by atoms with Gasteiger partial charge in [0.25, 0.3) is 0 Å². The standard InChI is InChI=1S/C24H25F2N7O/c1-31-12-17(10-28-31)23-24(30-21-5-6-27-11-22(21)29-23)33-8-7-32(14-19(33)15-34-2)13-16-3-4-18(25)9-20(16)26/h3-6,9-12,19H,7-8,13-15H2,1-2H3/t19-/m1/s1. The molecule has 0 unspecified atom stereocenters. The molecular weight excluding hydrogens is 440 g/mol. The van der Waals surface area contributed by atoms with E-state index in [-0.39, 0.29) is 6.04 Å². The molecule has 0 N–H and O–H groups in total. The van der Waals surface area contributed by atoms with Gasteiger partial charge in [-0.2, -0.15) is 5.10 Å². The average Bonchev–Trinajstić information content (AvgIpc) is 3.27. The molecule has 0 spiro atoms. The predicted octanol–water partition coefficient (Wildman–Crippen LogP) is 3.04. The van der Waals surface area contributed by atoms with Gasteiger partial charge in [-0.25, -0.2) is 18.7 Å².